The number of piperidine rings is 1. The second-order valence-corrected chi connectivity index (χ2v) is 5.71. The fourth-order valence-electron chi connectivity index (χ4n) is 2.84. The van der Waals surface area contributed by atoms with E-state index in [1.54, 1.807) is 19.4 Å². The first-order chi connectivity index (χ1) is 10.7. The van der Waals surface area contributed by atoms with Gasteiger partial charge in [-0.25, -0.2) is 9.37 Å². The fraction of sp³-hybridized carbons (Fsp3) is 0.500. The standard InChI is InChI=1S/C16H21FN4O/c1-22-15-3-2-14-16(20-15)11(4-7-19-14)5-8-21-9-6-13(18)12(17)10-21/h2-4,7,12-13H,5-6,8-10,18H2,1H3/t12-,13-/m1/s1. The molecule has 2 atom stereocenters. The second-order valence-electron chi connectivity index (χ2n) is 5.71. The first-order valence-electron chi connectivity index (χ1n) is 7.58. The van der Waals surface area contributed by atoms with Crippen molar-refractivity contribution >= 4 is 11.0 Å². The van der Waals surface area contributed by atoms with Gasteiger partial charge in [0.15, 0.2) is 0 Å². The largest absolute Gasteiger partial charge is 0.481 e. The van der Waals surface area contributed by atoms with Crippen LogP contribution in [-0.4, -0.2) is 53.8 Å². The Morgan fingerprint density at radius 3 is 3.05 bits per heavy atom. The number of ether oxygens (including phenoxy) is 1. The smallest absolute Gasteiger partial charge is 0.213 e. The number of methoxy groups -OCH3 is 1. The molecule has 2 N–H and O–H groups in total. The molecule has 3 rings (SSSR count). The van der Waals surface area contributed by atoms with Crippen molar-refractivity contribution in [2.45, 2.75) is 25.1 Å². The molecule has 22 heavy (non-hydrogen) atoms. The zero-order valence-electron chi connectivity index (χ0n) is 12.7. The number of fused-ring (bicyclic) bond motifs is 1. The Kier molecular flexibility index (Phi) is 4.49. The maximum Gasteiger partial charge on any atom is 0.213 e. The Labute approximate surface area is 129 Å². The van der Waals surface area contributed by atoms with Gasteiger partial charge in [-0.1, -0.05) is 0 Å². The molecule has 1 saturated heterocycles. The number of hydrogen-bond acceptors (Lipinski definition) is 5. The van der Waals surface area contributed by atoms with Gasteiger partial charge in [0.1, 0.15) is 6.17 Å². The first kappa shape index (κ1) is 15.1. The van der Waals surface area contributed by atoms with Crippen molar-refractivity contribution in [3.05, 3.63) is 30.0 Å². The molecule has 2 aromatic rings. The van der Waals surface area contributed by atoms with E-state index in [0.717, 1.165) is 36.1 Å². The molecular weight excluding hydrogens is 283 g/mol. The number of pyridine rings is 2. The van der Waals surface area contributed by atoms with E-state index in [4.69, 9.17) is 10.5 Å². The highest BCUT2D eigenvalue weighted by Gasteiger charge is 2.25. The Morgan fingerprint density at radius 1 is 1.41 bits per heavy atom. The normalized spacial score (nSPS) is 22.9. The second kappa shape index (κ2) is 6.54. The Balaban J connectivity index is 1.73. The van der Waals surface area contributed by atoms with Crippen molar-refractivity contribution in [1.29, 1.82) is 0 Å². The van der Waals surface area contributed by atoms with E-state index >= 15 is 0 Å². The highest BCUT2D eigenvalue weighted by molar-refractivity contribution is 5.78. The molecule has 1 aliphatic rings. The number of hydrogen-bond donors (Lipinski definition) is 1. The number of nitrogens with zero attached hydrogens (tertiary/aromatic N) is 3. The van der Waals surface area contributed by atoms with Gasteiger partial charge < -0.3 is 10.5 Å². The lowest BCUT2D eigenvalue weighted by atomic mass is 10.0. The first-order valence-corrected chi connectivity index (χ1v) is 7.58. The maximum absolute atomic E-state index is 13.7. The zero-order valence-corrected chi connectivity index (χ0v) is 12.7. The van der Waals surface area contributed by atoms with Crippen molar-refractivity contribution in [2.24, 2.45) is 5.73 Å². The third-order valence-electron chi connectivity index (χ3n) is 4.22. The summed E-state index contributed by atoms with van der Waals surface area (Å²) in [4.78, 5) is 10.9. The van der Waals surface area contributed by atoms with E-state index in [1.165, 1.54) is 0 Å². The average Bonchev–Trinajstić information content (AvgIpc) is 2.55. The molecule has 0 radical (unpaired) electrons. The number of alkyl halides is 1. The molecule has 6 heteroatoms. The van der Waals surface area contributed by atoms with Crippen LogP contribution in [0.1, 0.15) is 12.0 Å². The van der Waals surface area contributed by atoms with Crippen LogP contribution in [0, 0.1) is 0 Å². The quantitative estimate of drug-likeness (QED) is 0.928. The molecule has 0 spiro atoms. The molecule has 1 aliphatic heterocycles. The van der Waals surface area contributed by atoms with Gasteiger partial charge in [0.25, 0.3) is 0 Å². The Hall–Kier alpha value is -1.79. The predicted octanol–water partition coefficient (Wildman–Crippen LogP) is 1.55. The van der Waals surface area contributed by atoms with Gasteiger partial charge >= 0.3 is 0 Å². The van der Waals surface area contributed by atoms with Gasteiger partial charge in [-0.3, -0.25) is 9.88 Å². The van der Waals surface area contributed by atoms with E-state index in [-0.39, 0.29) is 6.04 Å². The van der Waals surface area contributed by atoms with E-state index in [0.29, 0.717) is 18.8 Å². The summed E-state index contributed by atoms with van der Waals surface area (Å²) in [5.41, 5.74) is 8.53. The van der Waals surface area contributed by atoms with Crippen molar-refractivity contribution < 1.29 is 9.13 Å². The van der Waals surface area contributed by atoms with E-state index in [1.807, 2.05) is 12.1 Å². The van der Waals surface area contributed by atoms with Crippen molar-refractivity contribution in [3.8, 4) is 5.88 Å². The van der Waals surface area contributed by atoms with Gasteiger partial charge in [-0.05, 0) is 37.1 Å². The van der Waals surface area contributed by atoms with Crippen LogP contribution in [0.3, 0.4) is 0 Å². The molecule has 5 nitrogen and oxygen atoms in total. The summed E-state index contributed by atoms with van der Waals surface area (Å²) in [6.45, 7) is 2.06. The van der Waals surface area contributed by atoms with E-state index in [2.05, 4.69) is 14.9 Å². The van der Waals surface area contributed by atoms with Crippen LogP contribution in [0.4, 0.5) is 4.39 Å². The molecule has 2 aromatic heterocycles. The van der Waals surface area contributed by atoms with E-state index in [9.17, 15) is 4.39 Å². The van der Waals surface area contributed by atoms with Crippen LogP contribution in [0.15, 0.2) is 24.4 Å². The summed E-state index contributed by atoms with van der Waals surface area (Å²) in [6.07, 6.45) is 2.38. The van der Waals surface area contributed by atoms with Crippen molar-refractivity contribution in [1.82, 2.24) is 14.9 Å². The number of nitrogens with two attached hydrogens (primary N) is 1. The molecule has 0 amide bonds. The minimum absolute atomic E-state index is 0.316. The summed E-state index contributed by atoms with van der Waals surface area (Å²) in [7, 11) is 1.60. The highest BCUT2D eigenvalue weighted by atomic mass is 19.1. The highest BCUT2D eigenvalue weighted by Crippen LogP contribution is 2.20. The Morgan fingerprint density at radius 2 is 2.27 bits per heavy atom. The molecule has 0 bridgehead atoms. The molecular formula is C16H21FN4O. The predicted molar refractivity (Wildman–Crippen MR) is 83.7 cm³/mol. The number of halogens is 1. The lowest BCUT2D eigenvalue weighted by Crippen LogP contribution is -2.48. The lowest BCUT2D eigenvalue weighted by molar-refractivity contribution is 0.121. The zero-order chi connectivity index (χ0) is 15.5. The number of rotatable bonds is 4. The SMILES string of the molecule is COc1ccc2nccc(CCN3CC[C@@H](N)[C@H](F)C3)c2n1. The summed E-state index contributed by atoms with van der Waals surface area (Å²) < 4.78 is 18.9. The molecule has 1 fully saturated rings. The third-order valence-corrected chi connectivity index (χ3v) is 4.22. The summed E-state index contributed by atoms with van der Waals surface area (Å²) in [6, 6.07) is 5.36. The molecule has 0 unspecified atom stereocenters. The maximum atomic E-state index is 13.7. The number of aromatic nitrogens is 2. The molecule has 0 aromatic carbocycles. The summed E-state index contributed by atoms with van der Waals surface area (Å²) >= 11 is 0. The average molecular weight is 304 g/mol. The van der Waals surface area contributed by atoms with Gasteiger partial charge in [-0.15, -0.1) is 0 Å². The fourth-order valence-corrected chi connectivity index (χ4v) is 2.84. The van der Waals surface area contributed by atoms with Crippen molar-refractivity contribution in [3.63, 3.8) is 0 Å². The Bertz CT molecular complexity index is 651. The number of likely N-dealkylation sites (tertiary alicyclic amines) is 1. The van der Waals surface area contributed by atoms with Crippen molar-refractivity contribution in [2.75, 3.05) is 26.7 Å². The van der Waals surface area contributed by atoms with Gasteiger partial charge in [0.05, 0.1) is 18.1 Å². The molecule has 0 saturated carbocycles. The van der Waals surface area contributed by atoms with Gasteiger partial charge in [0.2, 0.25) is 5.88 Å². The summed E-state index contributed by atoms with van der Waals surface area (Å²) in [5, 5.41) is 0. The summed E-state index contributed by atoms with van der Waals surface area (Å²) in [5.74, 6) is 0.578. The topological polar surface area (TPSA) is 64.3 Å². The third kappa shape index (κ3) is 3.18. The lowest BCUT2D eigenvalue weighted by Gasteiger charge is -2.32. The van der Waals surface area contributed by atoms with Crippen LogP contribution in [0.25, 0.3) is 11.0 Å². The molecule has 118 valence electrons. The van der Waals surface area contributed by atoms with Gasteiger partial charge in [0, 0.05) is 31.4 Å². The minimum atomic E-state index is -0.929. The van der Waals surface area contributed by atoms with Gasteiger partial charge in [-0.2, -0.15) is 0 Å². The molecule has 0 aliphatic carbocycles. The molecule has 3 heterocycles. The monoisotopic (exact) mass is 304 g/mol. The van der Waals surface area contributed by atoms with Crippen LogP contribution in [0.5, 0.6) is 5.88 Å². The van der Waals surface area contributed by atoms with Crippen LogP contribution in [0.2, 0.25) is 0 Å². The minimum Gasteiger partial charge on any atom is -0.481 e. The van der Waals surface area contributed by atoms with Crippen LogP contribution < -0.4 is 10.5 Å². The van der Waals surface area contributed by atoms with Crippen LogP contribution >= 0.6 is 0 Å². The van der Waals surface area contributed by atoms with Crippen LogP contribution in [-0.2, 0) is 6.42 Å². The van der Waals surface area contributed by atoms with E-state index < -0.39 is 6.17 Å².